The van der Waals surface area contributed by atoms with E-state index in [1.54, 1.807) is 24.3 Å². The van der Waals surface area contributed by atoms with Gasteiger partial charge in [0.1, 0.15) is 0 Å². The van der Waals surface area contributed by atoms with Crippen molar-refractivity contribution in [3.05, 3.63) is 24.3 Å². The monoisotopic (exact) mass is 256 g/mol. The molecule has 1 fully saturated rings. The van der Waals surface area contributed by atoms with Crippen LogP contribution in [0.5, 0.6) is 0 Å². The summed E-state index contributed by atoms with van der Waals surface area (Å²) in [6.45, 7) is 0. The van der Waals surface area contributed by atoms with Crippen LogP contribution < -0.4 is 11.2 Å². The maximum Gasteiger partial charge on any atom is 0.0602 e. The lowest BCUT2D eigenvalue weighted by Gasteiger charge is -2.15. The third-order valence-corrected chi connectivity index (χ3v) is 3.22. The number of anilines is 1. The molecule has 5 N–H and O–H groups in total. The Labute approximate surface area is 106 Å². The van der Waals surface area contributed by atoms with E-state index in [0.717, 1.165) is 4.90 Å². The van der Waals surface area contributed by atoms with Crippen molar-refractivity contribution in [2.75, 3.05) is 5.48 Å². The largest absolute Gasteiger partial charge is 0.328 e. The highest BCUT2D eigenvalue weighted by Crippen LogP contribution is 2.16. The second kappa shape index (κ2) is 8.36. The summed E-state index contributed by atoms with van der Waals surface area (Å²) >= 11 is 0.679. The van der Waals surface area contributed by atoms with Gasteiger partial charge in [0.2, 0.25) is 0 Å². The Morgan fingerprint density at radius 1 is 1.12 bits per heavy atom. The number of hydrogen-bond acceptors (Lipinski definition) is 5. The fourth-order valence-corrected chi connectivity index (χ4v) is 1.98. The maximum atomic E-state index is 8.53. The van der Waals surface area contributed by atoms with Crippen molar-refractivity contribution in [2.45, 2.75) is 43.0 Å². The molecule has 4 nitrogen and oxygen atoms in total. The first-order chi connectivity index (χ1) is 8.26. The summed E-state index contributed by atoms with van der Waals surface area (Å²) in [4.78, 5) is 0.749. The highest BCUT2D eigenvalue weighted by molar-refractivity contribution is 7.93. The van der Waals surface area contributed by atoms with Crippen molar-refractivity contribution >= 4 is 17.7 Å². The standard InChI is InChI=1S/C6H7NO2S.C6H13N/c8-7-5-1-3-6(10-9)4-2-5;7-6-4-2-1-3-5-6/h1-4,7-9H;6H,1-5,7H2. The van der Waals surface area contributed by atoms with Gasteiger partial charge in [-0.15, -0.1) is 0 Å². The molecule has 0 aromatic heterocycles. The molecule has 1 aromatic carbocycles. The van der Waals surface area contributed by atoms with Gasteiger partial charge in [0.25, 0.3) is 0 Å². The second-order valence-electron chi connectivity index (χ2n) is 4.13. The quantitative estimate of drug-likeness (QED) is 0.482. The van der Waals surface area contributed by atoms with Crippen LogP contribution in [0.25, 0.3) is 0 Å². The first-order valence-corrected chi connectivity index (χ1v) is 6.60. The van der Waals surface area contributed by atoms with E-state index < -0.39 is 0 Å². The zero-order valence-electron chi connectivity index (χ0n) is 9.80. The molecule has 0 saturated heterocycles. The molecule has 5 heteroatoms. The lowest BCUT2D eigenvalue weighted by molar-refractivity contribution is 0.389. The van der Waals surface area contributed by atoms with Gasteiger partial charge in [-0.3, -0.25) is 10.7 Å². The van der Waals surface area contributed by atoms with Crippen LogP contribution in [-0.4, -0.2) is 15.8 Å². The van der Waals surface area contributed by atoms with Crippen LogP contribution in [0.15, 0.2) is 29.2 Å². The number of hydrogen-bond donors (Lipinski definition) is 4. The number of rotatable bonds is 2. The van der Waals surface area contributed by atoms with Gasteiger partial charge in [0, 0.05) is 23.0 Å². The van der Waals surface area contributed by atoms with E-state index in [4.69, 9.17) is 15.5 Å². The minimum absolute atomic E-state index is 0.536. The van der Waals surface area contributed by atoms with Crippen molar-refractivity contribution in [3.8, 4) is 0 Å². The highest BCUT2D eigenvalue weighted by atomic mass is 32.2. The van der Waals surface area contributed by atoms with Crippen LogP contribution in [0.3, 0.4) is 0 Å². The number of nitrogens with one attached hydrogen (secondary N) is 1. The third-order valence-electron chi connectivity index (χ3n) is 2.74. The molecule has 0 spiro atoms. The van der Waals surface area contributed by atoms with Crippen molar-refractivity contribution in [1.29, 1.82) is 0 Å². The van der Waals surface area contributed by atoms with E-state index in [1.807, 2.05) is 5.48 Å². The first-order valence-electron chi connectivity index (χ1n) is 5.83. The van der Waals surface area contributed by atoms with E-state index in [1.165, 1.54) is 32.1 Å². The van der Waals surface area contributed by atoms with Crippen molar-refractivity contribution in [1.82, 2.24) is 0 Å². The minimum atomic E-state index is 0.536. The molecule has 0 unspecified atom stereocenters. The van der Waals surface area contributed by atoms with Gasteiger partial charge in [-0.1, -0.05) is 19.3 Å². The zero-order chi connectivity index (χ0) is 12.5. The summed E-state index contributed by atoms with van der Waals surface area (Å²) in [7, 11) is 0. The molecule has 1 saturated carbocycles. The van der Waals surface area contributed by atoms with Crippen LogP contribution in [0.2, 0.25) is 0 Å². The summed E-state index contributed by atoms with van der Waals surface area (Å²) in [5.41, 5.74) is 8.23. The van der Waals surface area contributed by atoms with E-state index >= 15 is 0 Å². The average molecular weight is 256 g/mol. The van der Waals surface area contributed by atoms with Crippen molar-refractivity contribution in [3.63, 3.8) is 0 Å². The Morgan fingerprint density at radius 2 is 1.71 bits per heavy atom. The molecule has 1 aromatic rings. The summed E-state index contributed by atoms with van der Waals surface area (Å²) in [5.74, 6) is 0. The van der Waals surface area contributed by atoms with Crippen LogP contribution in [0.4, 0.5) is 5.69 Å². The Bertz CT molecular complexity index is 277. The molecule has 0 heterocycles. The highest BCUT2D eigenvalue weighted by Gasteiger charge is 2.06. The molecule has 0 aliphatic heterocycles. The van der Waals surface area contributed by atoms with Gasteiger partial charge >= 0.3 is 0 Å². The predicted octanol–water partition coefficient (Wildman–Crippen LogP) is 3.33. The van der Waals surface area contributed by atoms with Crippen LogP contribution in [-0.2, 0) is 0 Å². The van der Waals surface area contributed by atoms with E-state index in [9.17, 15) is 0 Å². The van der Waals surface area contributed by atoms with Gasteiger partial charge in [-0.05, 0) is 37.1 Å². The smallest absolute Gasteiger partial charge is 0.0602 e. The van der Waals surface area contributed by atoms with Gasteiger partial charge in [-0.2, -0.15) is 0 Å². The van der Waals surface area contributed by atoms with Crippen molar-refractivity contribution < 1.29 is 9.76 Å². The summed E-state index contributed by atoms with van der Waals surface area (Å²) in [6, 6.07) is 7.26. The predicted molar refractivity (Wildman–Crippen MR) is 71.4 cm³/mol. The summed E-state index contributed by atoms with van der Waals surface area (Å²) < 4.78 is 8.53. The second-order valence-corrected chi connectivity index (χ2v) is 4.78. The Kier molecular flexibility index (Phi) is 7.04. The zero-order valence-corrected chi connectivity index (χ0v) is 10.6. The fraction of sp³-hybridized carbons (Fsp3) is 0.500. The van der Waals surface area contributed by atoms with Crippen molar-refractivity contribution in [2.24, 2.45) is 5.73 Å². The van der Waals surface area contributed by atoms with E-state index in [-0.39, 0.29) is 0 Å². The SMILES string of the molecule is NC1CCCCC1.ONc1ccc(SO)cc1. The molecule has 1 aliphatic rings. The molecular formula is C12H20N2O2S. The normalized spacial score (nSPS) is 15.9. The summed E-state index contributed by atoms with van der Waals surface area (Å²) in [5, 5.41) is 8.38. The van der Waals surface area contributed by atoms with Gasteiger partial charge in [0.15, 0.2) is 0 Å². The Hall–Kier alpha value is -0.750. The number of benzene rings is 1. The molecular weight excluding hydrogens is 236 g/mol. The molecule has 1 aliphatic carbocycles. The van der Waals surface area contributed by atoms with Gasteiger partial charge in [0.05, 0.1) is 5.69 Å². The third kappa shape index (κ3) is 5.93. The van der Waals surface area contributed by atoms with Gasteiger partial charge < -0.3 is 10.3 Å². The molecule has 0 bridgehead atoms. The minimum Gasteiger partial charge on any atom is -0.328 e. The van der Waals surface area contributed by atoms with E-state index in [0.29, 0.717) is 23.8 Å². The van der Waals surface area contributed by atoms with Crippen LogP contribution >= 0.6 is 12.0 Å². The van der Waals surface area contributed by atoms with Gasteiger partial charge in [-0.25, -0.2) is 0 Å². The molecule has 0 radical (unpaired) electrons. The number of nitrogens with two attached hydrogens (primary N) is 1. The van der Waals surface area contributed by atoms with Crippen LogP contribution in [0.1, 0.15) is 32.1 Å². The summed E-state index contributed by atoms with van der Waals surface area (Å²) in [6.07, 6.45) is 6.66. The maximum absolute atomic E-state index is 8.53. The van der Waals surface area contributed by atoms with Crippen LogP contribution in [0, 0.1) is 0 Å². The lowest BCUT2D eigenvalue weighted by atomic mass is 9.97. The molecule has 0 atom stereocenters. The Balaban J connectivity index is 0.000000181. The Morgan fingerprint density at radius 3 is 2.06 bits per heavy atom. The lowest BCUT2D eigenvalue weighted by Crippen LogP contribution is -2.22. The topological polar surface area (TPSA) is 78.5 Å². The molecule has 0 amide bonds. The molecule has 2 rings (SSSR count). The molecule has 96 valence electrons. The van der Waals surface area contributed by atoms with E-state index in [2.05, 4.69) is 0 Å². The fourth-order valence-electron chi connectivity index (χ4n) is 1.72. The molecule has 17 heavy (non-hydrogen) atoms. The first kappa shape index (κ1) is 14.3. The average Bonchev–Trinajstić information content (AvgIpc) is 2.40.